The number of pyridine rings is 1. The van der Waals surface area contributed by atoms with Gasteiger partial charge in [0.25, 0.3) is 0 Å². The number of rotatable bonds is 7. The minimum absolute atomic E-state index is 0. The minimum Gasteiger partial charge on any atom is -1.00 e. The van der Waals surface area contributed by atoms with E-state index in [0.717, 1.165) is 49.5 Å². The number of hydrogen-bond acceptors (Lipinski definition) is 10. The molecule has 0 radical (unpaired) electrons. The summed E-state index contributed by atoms with van der Waals surface area (Å²) in [6.07, 6.45) is -2.20. The maximum atomic E-state index is 12.3. The van der Waals surface area contributed by atoms with E-state index in [1.54, 1.807) is 17.9 Å². The predicted octanol–water partition coefficient (Wildman–Crippen LogP) is 0.647. The van der Waals surface area contributed by atoms with Gasteiger partial charge in [-0.2, -0.15) is 4.57 Å². The van der Waals surface area contributed by atoms with Crippen LogP contribution in [0.2, 0.25) is 0 Å². The van der Waals surface area contributed by atoms with Crippen LogP contribution < -0.4 is 26.3 Å². The van der Waals surface area contributed by atoms with Crippen LogP contribution in [0.25, 0.3) is 32.6 Å². The van der Waals surface area contributed by atoms with E-state index < -0.39 is 54.5 Å². The molecule has 45 heavy (non-hydrogen) atoms. The summed E-state index contributed by atoms with van der Waals surface area (Å²) in [7, 11) is 1.62. The maximum Gasteiger partial charge on any atom is 0.304 e. The van der Waals surface area contributed by atoms with Crippen molar-refractivity contribution in [1.29, 1.82) is 0 Å². The summed E-state index contributed by atoms with van der Waals surface area (Å²) in [5.74, 6) is -1.89. The van der Waals surface area contributed by atoms with Crippen LogP contribution in [0, 0.1) is 13.8 Å². The van der Waals surface area contributed by atoms with E-state index in [9.17, 15) is 19.2 Å². The molecule has 0 spiro atoms. The van der Waals surface area contributed by atoms with Crippen molar-refractivity contribution in [3.63, 3.8) is 0 Å². The number of hydrogen-bond donors (Lipinski definition) is 1. The van der Waals surface area contributed by atoms with E-state index in [2.05, 4.69) is 4.98 Å². The standard InChI is InChI=1S/C32H34N2O10.BrH/c1-15-24-13-34(11-10-22(24)16(2)28-27(15)23-12-21(39-7)8-9-25(23)33-28)32-31(43-20(6)38)30(42-19(5)37)29(41-18(4)36)26(44-32)14-40-17(3)35;/h8-13,26,29-32H,14H2,1-7H3;1H/t26-,29-,30+,31-,32-;/m1./s1. The number of aromatic nitrogens is 2. The van der Waals surface area contributed by atoms with E-state index >= 15 is 0 Å². The van der Waals surface area contributed by atoms with Gasteiger partial charge >= 0.3 is 30.1 Å². The Hall–Kier alpha value is -4.23. The summed E-state index contributed by atoms with van der Waals surface area (Å²) in [6, 6.07) is 7.80. The highest BCUT2D eigenvalue weighted by molar-refractivity contribution is 6.16. The fourth-order valence-electron chi connectivity index (χ4n) is 5.98. The van der Waals surface area contributed by atoms with Crippen LogP contribution in [0.5, 0.6) is 5.75 Å². The number of fused-ring (bicyclic) bond motifs is 4. The molecular weight excluding hydrogens is 652 g/mol. The highest BCUT2D eigenvalue weighted by Gasteiger charge is 2.56. The molecule has 3 heterocycles. The van der Waals surface area contributed by atoms with E-state index in [1.807, 2.05) is 44.3 Å². The van der Waals surface area contributed by atoms with Gasteiger partial charge in [0.15, 0.2) is 24.6 Å². The first-order valence-corrected chi connectivity index (χ1v) is 14.1. The Morgan fingerprint density at radius 3 is 2.09 bits per heavy atom. The van der Waals surface area contributed by atoms with Crippen LogP contribution >= 0.6 is 0 Å². The molecule has 1 aliphatic rings. The fraction of sp³-hybridized carbons (Fsp3) is 0.406. The van der Waals surface area contributed by atoms with Gasteiger partial charge in [-0.05, 0) is 48.6 Å². The molecule has 5 atom stereocenters. The normalized spacial score (nSPS) is 21.2. The number of carbonyl (C=O) groups excluding carboxylic acids is 4. The van der Waals surface area contributed by atoms with Crippen LogP contribution in [0.1, 0.15) is 45.0 Å². The Bertz CT molecular complexity index is 1800. The van der Waals surface area contributed by atoms with Gasteiger partial charge in [0, 0.05) is 55.4 Å². The van der Waals surface area contributed by atoms with Gasteiger partial charge in [-0.1, -0.05) is 0 Å². The topological polar surface area (TPSA) is 143 Å². The van der Waals surface area contributed by atoms with Crippen molar-refractivity contribution in [2.24, 2.45) is 0 Å². The molecule has 0 saturated carbocycles. The number of aromatic amines is 1. The first-order valence-electron chi connectivity index (χ1n) is 14.1. The van der Waals surface area contributed by atoms with Gasteiger partial charge < -0.3 is 50.4 Å². The van der Waals surface area contributed by atoms with Gasteiger partial charge in [0.2, 0.25) is 6.10 Å². The molecular formula is C32H35BrN2O10. The zero-order valence-corrected chi connectivity index (χ0v) is 27.6. The number of methoxy groups -OCH3 is 1. The third kappa shape index (κ3) is 6.59. The Balaban J connectivity index is 0.00000461. The molecule has 5 rings (SSSR count). The monoisotopic (exact) mass is 686 g/mol. The Kier molecular flexibility index (Phi) is 10.0. The van der Waals surface area contributed by atoms with Crippen molar-refractivity contribution in [3.8, 4) is 5.75 Å². The molecule has 4 aromatic rings. The first-order chi connectivity index (χ1) is 20.9. The number of carbonyl (C=O) groups is 4. The smallest absolute Gasteiger partial charge is 0.304 e. The number of halogens is 1. The van der Waals surface area contributed by atoms with E-state index in [-0.39, 0.29) is 23.6 Å². The molecule has 240 valence electrons. The lowest BCUT2D eigenvalue weighted by Crippen LogP contribution is -3.00. The summed E-state index contributed by atoms with van der Waals surface area (Å²) in [5, 5.41) is 3.91. The van der Waals surface area contributed by atoms with Crippen molar-refractivity contribution in [2.45, 2.75) is 72.2 Å². The predicted molar refractivity (Wildman–Crippen MR) is 157 cm³/mol. The van der Waals surface area contributed by atoms with Crippen LogP contribution in [-0.4, -0.2) is 67.0 Å². The molecule has 2 aromatic carbocycles. The number of H-pyrrole nitrogens is 1. The van der Waals surface area contributed by atoms with Gasteiger partial charge in [-0.25, -0.2) is 0 Å². The highest BCUT2D eigenvalue weighted by Crippen LogP contribution is 2.38. The van der Waals surface area contributed by atoms with Crippen molar-refractivity contribution in [2.75, 3.05) is 13.7 Å². The molecule has 0 unspecified atom stereocenters. The molecule has 1 N–H and O–H groups in total. The lowest BCUT2D eigenvalue weighted by Gasteiger charge is -2.41. The number of esters is 4. The zero-order valence-electron chi connectivity index (χ0n) is 26.0. The molecule has 1 saturated heterocycles. The van der Waals surface area contributed by atoms with Gasteiger partial charge in [-0.3, -0.25) is 19.2 Å². The Morgan fingerprint density at radius 1 is 0.822 bits per heavy atom. The van der Waals surface area contributed by atoms with Gasteiger partial charge in [0.05, 0.1) is 12.6 Å². The second-order valence-corrected chi connectivity index (χ2v) is 10.8. The third-order valence-corrected chi connectivity index (χ3v) is 7.81. The molecule has 1 aliphatic heterocycles. The zero-order chi connectivity index (χ0) is 31.9. The number of nitrogens with one attached hydrogen (secondary N) is 1. The summed E-state index contributed by atoms with van der Waals surface area (Å²) >= 11 is 0. The van der Waals surface area contributed by atoms with E-state index in [4.69, 9.17) is 28.4 Å². The molecule has 12 nitrogen and oxygen atoms in total. The van der Waals surface area contributed by atoms with Crippen molar-refractivity contribution >= 4 is 56.5 Å². The lowest BCUT2D eigenvalue weighted by molar-refractivity contribution is -0.776. The number of benzene rings is 2. The van der Waals surface area contributed by atoms with Crippen molar-refractivity contribution in [1.82, 2.24) is 4.98 Å². The number of ether oxygens (including phenoxy) is 6. The largest absolute Gasteiger partial charge is 1.00 e. The average Bonchev–Trinajstić information content (AvgIpc) is 3.35. The lowest BCUT2D eigenvalue weighted by atomic mass is 9.95. The molecule has 1 fully saturated rings. The van der Waals surface area contributed by atoms with Crippen LogP contribution in [0.3, 0.4) is 0 Å². The summed E-state index contributed by atoms with van der Waals surface area (Å²) in [6.45, 7) is 8.58. The van der Waals surface area contributed by atoms with E-state index in [1.165, 1.54) is 27.7 Å². The fourth-order valence-corrected chi connectivity index (χ4v) is 5.98. The van der Waals surface area contributed by atoms with Crippen molar-refractivity contribution in [3.05, 3.63) is 47.8 Å². The Labute approximate surface area is 269 Å². The van der Waals surface area contributed by atoms with Crippen LogP contribution in [-0.2, 0) is 42.9 Å². The SMILES string of the molecule is COc1ccc2[nH]c3c(C)c4cc[n+]([C@@H]5O[C@H](COC(C)=O)[C@@H](OC(C)=O)[C@H](OC(C)=O)[C@H]5OC(C)=O)cc4c(C)c3c2c1.[Br-]. The molecule has 0 bridgehead atoms. The third-order valence-electron chi connectivity index (χ3n) is 7.81. The number of nitrogens with zero attached hydrogens (tertiary/aromatic N) is 1. The van der Waals surface area contributed by atoms with Crippen molar-refractivity contribution < 1.29 is 69.1 Å². The Morgan fingerprint density at radius 2 is 1.47 bits per heavy atom. The minimum atomic E-state index is -1.27. The number of aryl methyl sites for hydroxylation is 2. The van der Waals surface area contributed by atoms with Gasteiger partial charge in [0.1, 0.15) is 18.5 Å². The average molecular weight is 688 g/mol. The summed E-state index contributed by atoms with van der Waals surface area (Å²) in [4.78, 5) is 51.9. The van der Waals surface area contributed by atoms with E-state index in [0.29, 0.717) is 0 Å². The van der Waals surface area contributed by atoms with Crippen LogP contribution in [0.15, 0.2) is 36.7 Å². The molecule has 13 heteroatoms. The highest BCUT2D eigenvalue weighted by atomic mass is 79.9. The first kappa shape index (κ1) is 33.7. The summed E-state index contributed by atoms with van der Waals surface area (Å²) < 4.78 is 35.6. The van der Waals surface area contributed by atoms with Gasteiger partial charge in [-0.15, -0.1) is 0 Å². The maximum absolute atomic E-state index is 12.3. The summed E-state index contributed by atoms with van der Waals surface area (Å²) in [5.41, 5.74) is 3.99. The quantitative estimate of drug-likeness (QED) is 0.167. The second-order valence-electron chi connectivity index (χ2n) is 10.8. The molecule has 2 aromatic heterocycles. The molecule has 0 aliphatic carbocycles. The van der Waals surface area contributed by atoms with Crippen LogP contribution in [0.4, 0.5) is 0 Å². The second kappa shape index (κ2) is 13.4. The molecule has 0 amide bonds.